The van der Waals surface area contributed by atoms with Crippen LogP contribution in [0.2, 0.25) is 5.02 Å². The van der Waals surface area contributed by atoms with Crippen LogP contribution in [0, 0.1) is 0 Å². The summed E-state index contributed by atoms with van der Waals surface area (Å²) in [5.74, 6) is 0.0424. The monoisotopic (exact) mass is 344 g/mol. The van der Waals surface area contributed by atoms with Crippen molar-refractivity contribution in [2.24, 2.45) is 0 Å². The van der Waals surface area contributed by atoms with Gasteiger partial charge in [-0.05, 0) is 23.3 Å². The molecular weight excluding hydrogens is 324 g/mol. The molecule has 2 atom stereocenters. The molecule has 3 rings (SSSR count). The molecule has 0 saturated carbocycles. The second-order valence-electron chi connectivity index (χ2n) is 5.86. The summed E-state index contributed by atoms with van der Waals surface area (Å²) in [6.07, 6.45) is 1.25. The Kier molecular flexibility index (Phi) is 5.53. The standard InChI is InChI=1S/C19H21ClN2O2/c20-18-7-3-1-5-14(18)16(10-21-9-13(24)12-23)17-11-22-19-8-4-2-6-15(17)19/h1-8,11,13,16,21-24H,9-10,12H2/t13-,16-/m1/s1. The van der Waals surface area contributed by atoms with Crippen LogP contribution in [0.3, 0.4) is 0 Å². The summed E-state index contributed by atoms with van der Waals surface area (Å²) in [4.78, 5) is 3.31. The molecule has 0 unspecified atom stereocenters. The van der Waals surface area contributed by atoms with Crippen LogP contribution in [0.4, 0.5) is 0 Å². The molecule has 1 aromatic heterocycles. The minimum Gasteiger partial charge on any atom is -0.394 e. The van der Waals surface area contributed by atoms with E-state index in [2.05, 4.69) is 16.4 Å². The largest absolute Gasteiger partial charge is 0.394 e. The van der Waals surface area contributed by atoms with Crippen molar-refractivity contribution in [3.8, 4) is 0 Å². The maximum absolute atomic E-state index is 9.55. The van der Waals surface area contributed by atoms with Gasteiger partial charge in [-0.1, -0.05) is 48.0 Å². The Labute approximate surface area is 146 Å². The number of halogens is 1. The summed E-state index contributed by atoms with van der Waals surface area (Å²) < 4.78 is 0. The van der Waals surface area contributed by atoms with E-state index in [1.54, 1.807) is 0 Å². The molecule has 0 spiro atoms. The molecule has 0 amide bonds. The first-order chi connectivity index (χ1) is 11.7. The molecule has 0 radical (unpaired) electrons. The number of hydrogen-bond donors (Lipinski definition) is 4. The van der Waals surface area contributed by atoms with Crippen molar-refractivity contribution in [2.45, 2.75) is 12.0 Å². The average molecular weight is 345 g/mol. The Balaban J connectivity index is 1.94. The van der Waals surface area contributed by atoms with Gasteiger partial charge in [-0.25, -0.2) is 0 Å². The minimum absolute atomic E-state index is 0.0424. The normalized spacial score (nSPS) is 14.0. The third kappa shape index (κ3) is 3.62. The SMILES string of the molecule is OC[C@H](O)CNC[C@H](c1ccccc1Cl)c1c[nH]c2ccccc12. The first-order valence-corrected chi connectivity index (χ1v) is 8.38. The fraction of sp³-hybridized carbons (Fsp3) is 0.263. The van der Waals surface area contributed by atoms with Crippen molar-refractivity contribution in [3.05, 3.63) is 70.9 Å². The smallest absolute Gasteiger partial charge is 0.0894 e. The fourth-order valence-electron chi connectivity index (χ4n) is 2.99. The molecule has 0 aliphatic heterocycles. The summed E-state index contributed by atoms with van der Waals surface area (Å²) >= 11 is 6.43. The van der Waals surface area contributed by atoms with Gasteiger partial charge in [0.2, 0.25) is 0 Å². The van der Waals surface area contributed by atoms with E-state index in [-0.39, 0.29) is 12.5 Å². The van der Waals surface area contributed by atoms with E-state index < -0.39 is 6.10 Å². The minimum atomic E-state index is -0.764. The first kappa shape index (κ1) is 17.0. The predicted octanol–water partition coefficient (Wildman–Crippen LogP) is 2.90. The Morgan fingerprint density at radius 2 is 1.75 bits per heavy atom. The van der Waals surface area contributed by atoms with Gasteiger partial charge in [0, 0.05) is 41.1 Å². The summed E-state index contributed by atoms with van der Waals surface area (Å²) in [7, 11) is 0. The van der Waals surface area contributed by atoms with E-state index in [1.165, 1.54) is 0 Å². The molecule has 1 heterocycles. The molecule has 0 fully saturated rings. The number of fused-ring (bicyclic) bond motifs is 1. The summed E-state index contributed by atoms with van der Waals surface area (Å²) in [5, 5.41) is 23.6. The van der Waals surface area contributed by atoms with Crippen molar-refractivity contribution in [1.29, 1.82) is 0 Å². The van der Waals surface area contributed by atoms with Crippen LogP contribution in [-0.2, 0) is 0 Å². The number of aliphatic hydroxyl groups excluding tert-OH is 2. The molecule has 3 aromatic rings. The number of aliphatic hydroxyl groups is 2. The zero-order valence-corrected chi connectivity index (χ0v) is 14.0. The molecule has 0 aliphatic carbocycles. The van der Waals surface area contributed by atoms with Gasteiger partial charge in [-0.3, -0.25) is 0 Å². The van der Waals surface area contributed by atoms with E-state index in [0.29, 0.717) is 13.1 Å². The summed E-state index contributed by atoms with van der Waals surface area (Å²) in [6.45, 7) is 0.694. The Hall–Kier alpha value is -1.85. The van der Waals surface area contributed by atoms with Crippen LogP contribution in [0.5, 0.6) is 0 Å². The van der Waals surface area contributed by atoms with Crippen molar-refractivity contribution < 1.29 is 10.2 Å². The van der Waals surface area contributed by atoms with Gasteiger partial charge in [-0.2, -0.15) is 0 Å². The van der Waals surface area contributed by atoms with Gasteiger partial charge in [0.05, 0.1) is 12.7 Å². The molecule has 24 heavy (non-hydrogen) atoms. The van der Waals surface area contributed by atoms with Crippen molar-refractivity contribution >= 4 is 22.5 Å². The van der Waals surface area contributed by atoms with Crippen LogP contribution in [0.25, 0.3) is 10.9 Å². The first-order valence-electron chi connectivity index (χ1n) is 8.00. The molecule has 5 heteroatoms. The molecule has 0 saturated heterocycles. The van der Waals surface area contributed by atoms with Gasteiger partial charge in [0.15, 0.2) is 0 Å². The number of aromatic amines is 1. The highest BCUT2D eigenvalue weighted by atomic mass is 35.5. The molecule has 2 aromatic carbocycles. The summed E-state index contributed by atoms with van der Waals surface area (Å²) in [6, 6.07) is 16.0. The van der Waals surface area contributed by atoms with Gasteiger partial charge in [0.1, 0.15) is 0 Å². The van der Waals surface area contributed by atoms with Gasteiger partial charge in [0.25, 0.3) is 0 Å². The fourth-order valence-corrected chi connectivity index (χ4v) is 3.25. The third-order valence-electron chi connectivity index (χ3n) is 4.22. The van der Waals surface area contributed by atoms with E-state index in [1.807, 2.05) is 48.7 Å². The number of H-pyrrole nitrogens is 1. The Morgan fingerprint density at radius 1 is 1.00 bits per heavy atom. The zero-order chi connectivity index (χ0) is 16.9. The Bertz CT molecular complexity index is 803. The number of rotatable bonds is 7. The van der Waals surface area contributed by atoms with Crippen molar-refractivity contribution in [1.82, 2.24) is 10.3 Å². The summed E-state index contributed by atoms with van der Waals surface area (Å²) in [5.41, 5.74) is 3.28. The lowest BCUT2D eigenvalue weighted by atomic mass is 9.90. The highest BCUT2D eigenvalue weighted by Crippen LogP contribution is 2.33. The average Bonchev–Trinajstić information content (AvgIpc) is 3.03. The van der Waals surface area contributed by atoms with Crippen molar-refractivity contribution in [3.63, 3.8) is 0 Å². The second kappa shape index (κ2) is 7.81. The number of hydrogen-bond acceptors (Lipinski definition) is 3. The number of nitrogens with one attached hydrogen (secondary N) is 2. The maximum Gasteiger partial charge on any atom is 0.0894 e. The van der Waals surface area contributed by atoms with Crippen LogP contribution >= 0.6 is 11.6 Å². The van der Waals surface area contributed by atoms with Gasteiger partial charge in [-0.15, -0.1) is 0 Å². The van der Waals surface area contributed by atoms with Crippen LogP contribution in [0.15, 0.2) is 54.7 Å². The van der Waals surface area contributed by atoms with E-state index in [0.717, 1.165) is 27.1 Å². The van der Waals surface area contributed by atoms with Crippen molar-refractivity contribution in [2.75, 3.05) is 19.7 Å². The van der Waals surface area contributed by atoms with Crippen LogP contribution < -0.4 is 5.32 Å². The lowest BCUT2D eigenvalue weighted by molar-refractivity contribution is 0.0944. The molecular formula is C19H21ClN2O2. The van der Waals surface area contributed by atoms with E-state index >= 15 is 0 Å². The lowest BCUT2D eigenvalue weighted by Crippen LogP contribution is -2.32. The van der Waals surface area contributed by atoms with Crippen LogP contribution in [0.1, 0.15) is 17.0 Å². The topological polar surface area (TPSA) is 68.3 Å². The number of para-hydroxylation sites is 1. The number of aromatic nitrogens is 1. The molecule has 4 nitrogen and oxygen atoms in total. The molecule has 0 bridgehead atoms. The molecule has 4 N–H and O–H groups in total. The highest BCUT2D eigenvalue weighted by molar-refractivity contribution is 6.31. The second-order valence-corrected chi connectivity index (χ2v) is 6.27. The highest BCUT2D eigenvalue weighted by Gasteiger charge is 2.20. The predicted molar refractivity (Wildman–Crippen MR) is 97.6 cm³/mol. The lowest BCUT2D eigenvalue weighted by Gasteiger charge is -2.20. The quantitative estimate of drug-likeness (QED) is 0.533. The third-order valence-corrected chi connectivity index (χ3v) is 4.56. The maximum atomic E-state index is 9.55. The van der Waals surface area contributed by atoms with E-state index in [9.17, 15) is 5.11 Å². The van der Waals surface area contributed by atoms with Gasteiger partial charge >= 0.3 is 0 Å². The zero-order valence-electron chi connectivity index (χ0n) is 13.2. The van der Waals surface area contributed by atoms with Gasteiger partial charge < -0.3 is 20.5 Å². The Morgan fingerprint density at radius 3 is 2.54 bits per heavy atom. The molecule has 126 valence electrons. The van der Waals surface area contributed by atoms with E-state index in [4.69, 9.17) is 16.7 Å². The number of benzene rings is 2. The van der Waals surface area contributed by atoms with Crippen LogP contribution in [-0.4, -0.2) is 41.0 Å². The molecule has 0 aliphatic rings.